The van der Waals surface area contributed by atoms with E-state index in [2.05, 4.69) is 20.6 Å². The third-order valence-corrected chi connectivity index (χ3v) is 3.18. The molecule has 3 heterocycles. The standard InChI is InChI=1S/C10H13N7O/c11-10(18)7-3-1-2-6-16(7)9-5-4-8-12-14-15-17(8)13-9/h4-5,7H,1-3,6H2,(H2,11,18). The van der Waals surface area contributed by atoms with Gasteiger partial charge in [0.05, 0.1) is 0 Å². The highest BCUT2D eigenvalue weighted by Crippen LogP contribution is 2.22. The molecule has 18 heavy (non-hydrogen) atoms. The second kappa shape index (κ2) is 4.21. The number of hydrogen-bond acceptors (Lipinski definition) is 6. The fourth-order valence-electron chi connectivity index (χ4n) is 2.29. The number of nitrogens with zero attached hydrogens (tertiary/aromatic N) is 6. The smallest absolute Gasteiger partial charge is 0.240 e. The van der Waals surface area contributed by atoms with Crippen molar-refractivity contribution in [2.24, 2.45) is 5.73 Å². The van der Waals surface area contributed by atoms with Gasteiger partial charge in [0.1, 0.15) is 6.04 Å². The number of amides is 1. The Labute approximate surface area is 103 Å². The summed E-state index contributed by atoms with van der Waals surface area (Å²) in [7, 11) is 0. The predicted octanol–water partition coefficient (Wildman–Crippen LogP) is -0.637. The Morgan fingerprint density at radius 1 is 1.39 bits per heavy atom. The molecule has 1 saturated heterocycles. The molecule has 2 aromatic rings. The molecule has 94 valence electrons. The maximum absolute atomic E-state index is 11.5. The summed E-state index contributed by atoms with van der Waals surface area (Å²) in [5, 5.41) is 15.4. The van der Waals surface area contributed by atoms with Gasteiger partial charge in [-0.15, -0.1) is 14.8 Å². The number of hydrogen-bond donors (Lipinski definition) is 1. The van der Waals surface area contributed by atoms with Gasteiger partial charge in [0.2, 0.25) is 5.91 Å². The second-order valence-electron chi connectivity index (χ2n) is 4.33. The molecule has 1 aliphatic rings. The molecule has 0 aliphatic carbocycles. The van der Waals surface area contributed by atoms with Crippen LogP contribution in [0.2, 0.25) is 0 Å². The van der Waals surface area contributed by atoms with Crippen LogP contribution in [0.1, 0.15) is 19.3 Å². The lowest BCUT2D eigenvalue weighted by Gasteiger charge is -2.34. The molecule has 1 aliphatic heterocycles. The van der Waals surface area contributed by atoms with E-state index in [9.17, 15) is 4.79 Å². The van der Waals surface area contributed by atoms with Crippen LogP contribution in [0.3, 0.4) is 0 Å². The Balaban J connectivity index is 1.97. The average Bonchev–Trinajstić information content (AvgIpc) is 2.85. The molecular formula is C10H13N7O. The SMILES string of the molecule is NC(=O)C1CCCCN1c1ccc2nnnn2n1. The van der Waals surface area contributed by atoms with Gasteiger partial charge < -0.3 is 10.6 Å². The van der Waals surface area contributed by atoms with Crippen molar-refractivity contribution in [3.8, 4) is 0 Å². The molecule has 1 fully saturated rings. The van der Waals surface area contributed by atoms with E-state index in [4.69, 9.17) is 5.73 Å². The average molecular weight is 247 g/mol. The lowest BCUT2D eigenvalue weighted by atomic mass is 10.0. The summed E-state index contributed by atoms with van der Waals surface area (Å²) in [6, 6.07) is 3.29. The van der Waals surface area contributed by atoms with Gasteiger partial charge in [0.15, 0.2) is 11.5 Å². The van der Waals surface area contributed by atoms with Crippen molar-refractivity contribution >= 4 is 17.4 Å². The lowest BCUT2D eigenvalue weighted by Crippen LogP contribution is -2.48. The van der Waals surface area contributed by atoms with Gasteiger partial charge in [0, 0.05) is 6.54 Å². The van der Waals surface area contributed by atoms with E-state index in [1.807, 2.05) is 11.0 Å². The molecule has 8 nitrogen and oxygen atoms in total. The number of tetrazole rings is 1. The van der Waals surface area contributed by atoms with Gasteiger partial charge in [0.25, 0.3) is 0 Å². The van der Waals surface area contributed by atoms with E-state index >= 15 is 0 Å². The molecular weight excluding hydrogens is 234 g/mol. The van der Waals surface area contributed by atoms with E-state index in [1.165, 1.54) is 4.63 Å². The van der Waals surface area contributed by atoms with Crippen molar-refractivity contribution in [3.05, 3.63) is 12.1 Å². The topological polar surface area (TPSA) is 102 Å². The molecule has 0 spiro atoms. The maximum Gasteiger partial charge on any atom is 0.240 e. The Bertz CT molecular complexity index is 580. The number of aromatic nitrogens is 5. The molecule has 0 bridgehead atoms. The summed E-state index contributed by atoms with van der Waals surface area (Å²) < 4.78 is 1.35. The number of rotatable bonds is 2. The molecule has 8 heteroatoms. The van der Waals surface area contributed by atoms with E-state index < -0.39 is 0 Å². The number of fused-ring (bicyclic) bond motifs is 1. The summed E-state index contributed by atoms with van der Waals surface area (Å²) in [4.78, 5) is 13.4. The zero-order valence-electron chi connectivity index (χ0n) is 9.73. The first kappa shape index (κ1) is 10.9. The van der Waals surface area contributed by atoms with Crippen LogP contribution < -0.4 is 10.6 Å². The molecule has 0 radical (unpaired) electrons. The number of piperidine rings is 1. The fraction of sp³-hybridized carbons (Fsp3) is 0.500. The molecule has 2 aromatic heterocycles. The van der Waals surface area contributed by atoms with Crippen LogP contribution in [0.15, 0.2) is 12.1 Å². The number of nitrogens with two attached hydrogens (primary N) is 1. The Hall–Kier alpha value is -2.25. The minimum absolute atomic E-state index is 0.291. The zero-order valence-corrected chi connectivity index (χ0v) is 9.73. The summed E-state index contributed by atoms with van der Waals surface area (Å²) in [5.74, 6) is 0.367. The number of carbonyl (C=O) groups excluding carboxylic acids is 1. The maximum atomic E-state index is 11.5. The van der Waals surface area contributed by atoms with Crippen LogP contribution in [0.25, 0.3) is 5.65 Å². The van der Waals surface area contributed by atoms with E-state index in [0.29, 0.717) is 11.5 Å². The van der Waals surface area contributed by atoms with Gasteiger partial charge in [-0.1, -0.05) is 0 Å². The Kier molecular flexibility index (Phi) is 2.54. The summed E-state index contributed by atoms with van der Waals surface area (Å²) in [6.45, 7) is 0.772. The third kappa shape index (κ3) is 1.75. The third-order valence-electron chi connectivity index (χ3n) is 3.18. The summed E-state index contributed by atoms with van der Waals surface area (Å²) in [6.07, 6.45) is 2.81. The van der Waals surface area contributed by atoms with E-state index in [-0.39, 0.29) is 11.9 Å². The van der Waals surface area contributed by atoms with Crippen LogP contribution in [-0.2, 0) is 4.79 Å². The molecule has 3 rings (SSSR count). The Morgan fingerprint density at radius 3 is 3.11 bits per heavy atom. The molecule has 0 saturated carbocycles. The van der Waals surface area contributed by atoms with Crippen LogP contribution in [0, 0.1) is 0 Å². The normalized spacial score (nSPS) is 20.2. The van der Waals surface area contributed by atoms with Gasteiger partial charge in [-0.3, -0.25) is 4.79 Å². The Morgan fingerprint density at radius 2 is 2.28 bits per heavy atom. The van der Waals surface area contributed by atoms with E-state index in [1.54, 1.807) is 6.07 Å². The largest absolute Gasteiger partial charge is 0.368 e. The second-order valence-corrected chi connectivity index (χ2v) is 4.33. The zero-order chi connectivity index (χ0) is 12.5. The monoisotopic (exact) mass is 247 g/mol. The minimum Gasteiger partial charge on any atom is -0.368 e. The van der Waals surface area contributed by atoms with Crippen LogP contribution in [0.4, 0.5) is 5.82 Å². The molecule has 1 amide bonds. The van der Waals surface area contributed by atoms with Crippen molar-refractivity contribution in [2.45, 2.75) is 25.3 Å². The summed E-state index contributed by atoms with van der Waals surface area (Å²) in [5.41, 5.74) is 6.01. The van der Waals surface area contributed by atoms with Crippen molar-refractivity contribution < 1.29 is 4.79 Å². The van der Waals surface area contributed by atoms with Crippen molar-refractivity contribution in [3.63, 3.8) is 0 Å². The highest BCUT2D eigenvalue weighted by molar-refractivity contribution is 5.83. The van der Waals surface area contributed by atoms with Crippen molar-refractivity contribution in [2.75, 3.05) is 11.4 Å². The molecule has 1 unspecified atom stereocenters. The van der Waals surface area contributed by atoms with Gasteiger partial charge in [-0.05, 0) is 41.8 Å². The number of primary amides is 1. The van der Waals surface area contributed by atoms with Crippen molar-refractivity contribution in [1.82, 2.24) is 25.3 Å². The first-order valence-electron chi connectivity index (χ1n) is 5.87. The number of anilines is 1. The first-order chi connectivity index (χ1) is 8.75. The fourth-order valence-corrected chi connectivity index (χ4v) is 2.29. The number of carbonyl (C=O) groups is 1. The predicted molar refractivity (Wildman–Crippen MR) is 62.8 cm³/mol. The highest BCUT2D eigenvalue weighted by Gasteiger charge is 2.28. The van der Waals surface area contributed by atoms with Gasteiger partial charge in [-0.25, -0.2) is 0 Å². The van der Waals surface area contributed by atoms with Crippen LogP contribution >= 0.6 is 0 Å². The molecule has 0 aromatic carbocycles. The quantitative estimate of drug-likeness (QED) is 0.757. The van der Waals surface area contributed by atoms with E-state index in [0.717, 1.165) is 25.8 Å². The molecule has 2 N–H and O–H groups in total. The highest BCUT2D eigenvalue weighted by atomic mass is 16.1. The lowest BCUT2D eigenvalue weighted by molar-refractivity contribution is -0.119. The first-order valence-corrected chi connectivity index (χ1v) is 5.87. The van der Waals surface area contributed by atoms with Gasteiger partial charge >= 0.3 is 0 Å². The minimum atomic E-state index is -0.312. The molecule has 1 atom stereocenters. The van der Waals surface area contributed by atoms with Crippen LogP contribution in [-0.4, -0.2) is 43.7 Å². The van der Waals surface area contributed by atoms with Crippen LogP contribution in [0.5, 0.6) is 0 Å². The summed E-state index contributed by atoms with van der Waals surface area (Å²) >= 11 is 0. The van der Waals surface area contributed by atoms with Gasteiger partial charge in [-0.2, -0.15) is 0 Å². The van der Waals surface area contributed by atoms with Crippen molar-refractivity contribution in [1.29, 1.82) is 0 Å².